The van der Waals surface area contributed by atoms with Gasteiger partial charge in [-0.3, -0.25) is 24.5 Å². The number of hydrogen-bond donors (Lipinski definition) is 3. The maximum Gasteiger partial charge on any atom is 0.407 e. The third kappa shape index (κ3) is 8.87. The summed E-state index contributed by atoms with van der Waals surface area (Å²) in [6, 6.07) is 8.04. The van der Waals surface area contributed by atoms with Gasteiger partial charge in [0.1, 0.15) is 17.4 Å². The van der Waals surface area contributed by atoms with E-state index in [0.717, 1.165) is 11.1 Å². The van der Waals surface area contributed by atoms with E-state index in [0.29, 0.717) is 54.2 Å². The van der Waals surface area contributed by atoms with Crippen LogP contribution in [0.2, 0.25) is 0 Å². The summed E-state index contributed by atoms with van der Waals surface area (Å²) in [7, 11) is 0. The highest BCUT2D eigenvalue weighted by molar-refractivity contribution is 6.06. The Hall–Kier alpha value is -4.81. The van der Waals surface area contributed by atoms with E-state index >= 15 is 0 Å². The van der Waals surface area contributed by atoms with Gasteiger partial charge in [-0.25, -0.2) is 4.79 Å². The van der Waals surface area contributed by atoms with Crippen molar-refractivity contribution in [2.75, 3.05) is 19.7 Å². The number of piperidine rings is 1. The van der Waals surface area contributed by atoms with Gasteiger partial charge in [0.2, 0.25) is 11.8 Å². The Bertz CT molecular complexity index is 1490. The molecule has 13 heteroatoms. The van der Waals surface area contributed by atoms with Gasteiger partial charge in [-0.1, -0.05) is 6.07 Å². The first-order chi connectivity index (χ1) is 21.3. The number of ether oxygens (including phenoxy) is 2. The van der Waals surface area contributed by atoms with Crippen LogP contribution in [0.4, 0.5) is 16.2 Å². The predicted molar refractivity (Wildman–Crippen MR) is 165 cm³/mol. The molecular weight excluding hydrogens is 580 g/mol. The number of alkyl carbamates (subject to hydrolysis) is 1. The van der Waals surface area contributed by atoms with Crippen molar-refractivity contribution in [3.63, 3.8) is 0 Å². The average molecular weight is 621 g/mol. The van der Waals surface area contributed by atoms with Crippen LogP contribution in [-0.2, 0) is 25.7 Å². The molecule has 4 rings (SSSR count). The number of nitrogens with zero attached hydrogens (tertiary/aromatic N) is 3. The first-order valence-electron chi connectivity index (χ1n) is 15.0. The molecule has 2 aromatic rings. The summed E-state index contributed by atoms with van der Waals surface area (Å²) >= 11 is 0. The van der Waals surface area contributed by atoms with E-state index < -0.39 is 23.6 Å². The molecule has 3 N–H and O–H groups in total. The van der Waals surface area contributed by atoms with E-state index in [9.17, 15) is 24.0 Å². The van der Waals surface area contributed by atoms with Gasteiger partial charge in [0.15, 0.2) is 6.61 Å². The zero-order valence-electron chi connectivity index (χ0n) is 26.3. The van der Waals surface area contributed by atoms with Crippen LogP contribution in [0.1, 0.15) is 73.5 Å². The van der Waals surface area contributed by atoms with Gasteiger partial charge in [0.05, 0.1) is 11.4 Å². The Morgan fingerprint density at radius 1 is 1.02 bits per heavy atom. The van der Waals surface area contributed by atoms with E-state index in [-0.39, 0.29) is 43.7 Å². The smallest absolute Gasteiger partial charge is 0.407 e. The topological polar surface area (TPSA) is 168 Å². The van der Waals surface area contributed by atoms with Gasteiger partial charge in [0, 0.05) is 37.2 Å². The Kier molecular flexibility index (Phi) is 10.5. The first kappa shape index (κ1) is 33.1. The number of carbonyl (C=O) groups excluding carboxylic acids is 5. The number of nitrogens with one attached hydrogen (secondary N) is 3. The second-order valence-electron chi connectivity index (χ2n) is 12.1. The standard InChI is InChI=1S/C32H40N6O7/c1-19-15-21(44-18-27(40)33-13-6-7-14-34-31(43)45-32(3,4)5)16-20(2)28(19)37-36-24-10-8-9-22-23(24)17-38(30(22)42)25-11-12-26(39)35-29(25)41/h8-10,15-16,25H,6-7,11-14,17-18H2,1-5H3,(H,33,40)(H,34,43)(H,35,39,41)/b37-36+. The number of rotatable bonds is 11. The number of aryl methyl sites for hydroxylation is 2. The van der Waals surface area contributed by atoms with Crippen LogP contribution in [0.15, 0.2) is 40.6 Å². The van der Waals surface area contributed by atoms with Gasteiger partial charge >= 0.3 is 6.09 Å². The van der Waals surface area contributed by atoms with Crippen LogP contribution in [0, 0.1) is 13.8 Å². The molecule has 5 amide bonds. The zero-order valence-corrected chi connectivity index (χ0v) is 26.3. The lowest BCUT2D eigenvalue weighted by Gasteiger charge is -2.29. The number of amides is 5. The molecule has 1 atom stereocenters. The maximum absolute atomic E-state index is 13.1. The lowest BCUT2D eigenvalue weighted by Crippen LogP contribution is -2.52. The molecule has 240 valence electrons. The molecule has 0 radical (unpaired) electrons. The fourth-order valence-corrected chi connectivity index (χ4v) is 5.11. The number of imide groups is 1. The number of benzene rings is 2. The highest BCUT2D eigenvalue weighted by Gasteiger charge is 2.39. The second-order valence-corrected chi connectivity index (χ2v) is 12.1. The van der Waals surface area contributed by atoms with Crippen molar-refractivity contribution in [2.45, 2.75) is 78.5 Å². The number of carbonyl (C=O) groups is 5. The van der Waals surface area contributed by atoms with E-state index in [4.69, 9.17) is 9.47 Å². The molecule has 0 aliphatic carbocycles. The molecule has 1 fully saturated rings. The summed E-state index contributed by atoms with van der Waals surface area (Å²) < 4.78 is 10.9. The normalized spacial score (nSPS) is 16.4. The molecule has 0 saturated carbocycles. The summed E-state index contributed by atoms with van der Waals surface area (Å²) in [5.74, 6) is -0.811. The van der Waals surface area contributed by atoms with Crippen LogP contribution in [-0.4, -0.2) is 66.0 Å². The Balaban J connectivity index is 1.28. The molecule has 1 saturated heterocycles. The van der Waals surface area contributed by atoms with E-state index in [1.54, 1.807) is 51.1 Å². The minimum Gasteiger partial charge on any atom is -0.484 e. The number of fused-ring (bicyclic) bond motifs is 1. The van der Waals surface area contributed by atoms with Crippen LogP contribution < -0.4 is 20.7 Å². The zero-order chi connectivity index (χ0) is 32.7. The van der Waals surface area contributed by atoms with Gasteiger partial charge in [0.25, 0.3) is 11.8 Å². The molecule has 0 bridgehead atoms. The van der Waals surface area contributed by atoms with Gasteiger partial charge in [-0.2, -0.15) is 5.11 Å². The summed E-state index contributed by atoms with van der Waals surface area (Å²) in [5, 5.41) is 16.7. The van der Waals surface area contributed by atoms with Crippen LogP contribution in [0.25, 0.3) is 0 Å². The number of azo groups is 1. The molecule has 1 unspecified atom stereocenters. The molecule has 2 aliphatic heterocycles. The van der Waals surface area contributed by atoms with Crippen molar-refractivity contribution in [1.29, 1.82) is 0 Å². The van der Waals surface area contributed by atoms with Crippen molar-refractivity contribution in [3.8, 4) is 5.75 Å². The van der Waals surface area contributed by atoms with E-state index in [1.807, 2.05) is 13.8 Å². The van der Waals surface area contributed by atoms with Gasteiger partial charge < -0.3 is 25.0 Å². The van der Waals surface area contributed by atoms with E-state index in [1.165, 1.54) is 4.90 Å². The fourth-order valence-electron chi connectivity index (χ4n) is 5.11. The van der Waals surface area contributed by atoms with Gasteiger partial charge in [-0.15, -0.1) is 5.11 Å². The SMILES string of the molecule is Cc1cc(OCC(=O)NCCCCNC(=O)OC(C)(C)C)cc(C)c1/N=N/c1cccc2c1CN(C1CCC(=O)NC1=O)C2=O. The van der Waals surface area contributed by atoms with Crippen molar-refractivity contribution < 1.29 is 33.4 Å². The number of unbranched alkanes of at least 4 members (excludes halogenated alkanes) is 1. The summed E-state index contributed by atoms with van der Waals surface area (Å²) in [4.78, 5) is 62.4. The second kappa shape index (κ2) is 14.3. The van der Waals surface area contributed by atoms with Crippen molar-refractivity contribution >= 4 is 41.1 Å². The summed E-state index contributed by atoms with van der Waals surface area (Å²) in [5.41, 5.74) is 3.33. The van der Waals surface area contributed by atoms with E-state index in [2.05, 4.69) is 26.2 Å². The summed E-state index contributed by atoms with van der Waals surface area (Å²) in [6.45, 7) is 10.1. The number of hydrogen-bond acceptors (Lipinski definition) is 9. The highest BCUT2D eigenvalue weighted by Crippen LogP contribution is 2.36. The molecular formula is C32H40N6O7. The predicted octanol–water partition coefficient (Wildman–Crippen LogP) is 4.28. The van der Waals surface area contributed by atoms with Crippen LogP contribution >= 0.6 is 0 Å². The highest BCUT2D eigenvalue weighted by atomic mass is 16.6. The average Bonchev–Trinajstić information content (AvgIpc) is 3.29. The minimum atomic E-state index is -0.709. The monoisotopic (exact) mass is 620 g/mol. The molecule has 2 aromatic carbocycles. The Morgan fingerprint density at radius 2 is 1.71 bits per heavy atom. The quantitative estimate of drug-likeness (QED) is 0.191. The van der Waals surface area contributed by atoms with Crippen molar-refractivity contribution in [1.82, 2.24) is 20.9 Å². The molecule has 45 heavy (non-hydrogen) atoms. The molecule has 2 aliphatic rings. The Labute approximate surface area is 262 Å². The third-order valence-corrected chi connectivity index (χ3v) is 7.24. The largest absolute Gasteiger partial charge is 0.484 e. The first-order valence-corrected chi connectivity index (χ1v) is 15.0. The van der Waals surface area contributed by atoms with Crippen LogP contribution in [0.3, 0.4) is 0 Å². The third-order valence-electron chi connectivity index (χ3n) is 7.24. The fraction of sp³-hybridized carbons (Fsp3) is 0.469. The Morgan fingerprint density at radius 3 is 2.38 bits per heavy atom. The van der Waals surface area contributed by atoms with Crippen LogP contribution in [0.5, 0.6) is 5.75 Å². The van der Waals surface area contributed by atoms with Crippen molar-refractivity contribution in [3.05, 3.63) is 52.6 Å². The maximum atomic E-state index is 13.1. The summed E-state index contributed by atoms with van der Waals surface area (Å²) in [6.07, 6.45) is 1.38. The minimum absolute atomic E-state index is 0.149. The van der Waals surface area contributed by atoms with Crippen molar-refractivity contribution in [2.24, 2.45) is 10.2 Å². The molecule has 13 nitrogen and oxygen atoms in total. The molecule has 2 heterocycles. The van der Waals surface area contributed by atoms with Gasteiger partial charge in [-0.05, 0) is 89.3 Å². The molecule has 0 aromatic heterocycles. The lowest BCUT2D eigenvalue weighted by atomic mass is 10.0. The molecule has 0 spiro atoms. The lowest BCUT2D eigenvalue weighted by molar-refractivity contribution is -0.137.